The molecule has 2 aromatic heterocycles. The van der Waals surface area contributed by atoms with Gasteiger partial charge in [-0.05, 0) is 0 Å². The van der Waals surface area contributed by atoms with Crippen LogP contribution in [0.3, 0.4) is 0 Å². The van der Waals surface area contributed by atoms with Crippen molar-refractivity contribution in [2.75, 3.05) is 6.61 Å². The number of fused-ring (bicyclic) bond motifs is 1. The average molecular weight is 284 g/mol. The molecule has 4 atom stereocenters. The number of aromatic amines is 2. The Morgan fingerprint density at radius 1 is 1.30 bits per heavy atom. The van der Waals surface area contributed by atoms with Crippen LogP contribution in [-0.4, -0.2) is 59.8 Å². The molecule has 5 N–H and O–H groups in total. The van der Waals surface area contributed by atoms with E-state index < -0.39 is 42.4 Å². The average Bonchev–Trinajstić information content (AvgIpc) is 2.93. The molecule has 0 aliphatic carbocycles. The van der Waals surface area contributed by atoms with Crippen molar-refractivity contribution in [1.29, 1.82) is 0 Å². The summed E-state index contributed by atoms with van der Waals surface area (Å²) in [5.74, 6) is 0. The maximum absolute atomic E-state index is 11.6. The molecule has 108 valence electrons. The second-order valence-corrected chi connectivity index (χ2v) is 4.49. The van der Waals surface area contributed by atoms with E-state index in [0.717, 1.165) is 0 Å². The molecule has 10 heteroatoms. The SMILES string of the molecule is O=c1[nH]c(=O)c2ncn([C@@H]3O[C@H](CO)[C@H](O)[C@@H]3O)c2[nH]1. The molecule has 1 aliphatic rings. The van der Waals surface area contributed by atoms with Crippen molar-refractivity contribution in [2.45, 2.75) is 24.5 Å². The van der Waals surface area contributed by atoms with Crippen LogP contribution in [0, 0.1) is 0 Å². The largest absolute Gasteiger partial charge is 0.394 e. The zero-order chi connectivity index (χ0) is 14.4. The minimum Gasteiger partial charge on any atom is -0.394 e. The van der Waals surface area contributed by atoms with Crippen molar-refractivity contribution >= 4 is 11.2 Å². The van der Waals surface area contributed by atoms with Gasteiger partial charge in [-0.15, -0.1) is 0 Å². The minimum atomic E-state index is -1.33. The summed E-state index contributed by atoms with van der Waals surface area (Å²) in [6.07, 6.45) is -3.43. The quantitative estimate of drug-likeness (QED) is 0.394. The highest BCUT2D eigenvalue weighted by Gasteiger charge is 2.43. The lowest BCUT2D eigenvalue weighted by molar-refractivity contribution is -0.0511. The maximum atomic E-state index is 11.6. The number of aliphatic hydroxyl groups is 3. The highest BCUT2D eigenvalue weighted by Crippen LogP contribution is 2.30. The van der Waals surface area contributed by atoms with Crippen molar-refractivity contribution in [3.8, 4) is 0 Å². The first kappa shape index (κ1) is 13.0. The second-order valence-electron chi connectivity index (χ2n) is 4.49. The Kier molecular flexibility index (Phi) is 2.94. The smallest absolute Gasteiger partial charge is 0.327 e. The van der Waals surface area contributed by atoms with Gasteiger partial charge in [-0.1, -0.05) is 0 Å². The molecule has 0 amide bonds. The van der Waals surface area contributed by atoms with Crippen LogP contribution in [0.2, 0.25) is 0 Å². The fourth-order valence-corrected chi connectivity index (χ4v) is 2.25. The fraction of sp³-hybridized carbons (Fsp3) is 0.500. The van der Waals surface area contributed by atoms with Gasteiger partial charge in [-0.25, -0.2) is 9.78 Å². The lowest BCUT2D eigenvalue weighted by Crippen LogP contribution is -2.33. The number of hydrogen-bond acceptors (Lipinski definition) is 7. The number of nitrogens with one attached hydrogen (secondary N) is 2. The van der Waals surface area contributed by atoms with Crippen LogP contribution in [0.25, 0.3) is 11.2 Å². The molecule has 3 heterocycles. The Hall–Kier alpha value is -2.01. The van der Waals surface area contributed by atoms with Crippen LogP contribution in [-0.2, 0) is 4.74 Å². The lowest BCUT2D eigenvalue weighted by atomic mass is 10.1. The van der Waals surface area contributed by atoms with Gasteiger partial charge < -0.3 is 20.1 Å². The van der Waals surface area contributed by atoms with E-state index >= 15 is 0 Å². The van der Waals surface area contributed by atoms with Crippen molar-refractivity contribution in [1.82, 2.24) is 19.5 Å². The zero-order valence-corrected chi connectivity index (χ0v) is 10.1. The van der Waals surface area contributed by atoms with E-state index in [9.17, 15) is 19.8 Å². The molecular weight excluding hydrogens is 272 g/mol. The Balaban J connectivity index is 2.12. The first-order valence-electron chi connectivity index (χ1n) is 5.84. The summed E-state index contributed by atoms with van der Waals surface area (Å²) in [7, 11) is 0. The van der Waals surface area contributed by atoms with Crippen molar-refractivity contribution < 1.29 is 20.1 Å². The molecule has 1 fully saturated rings. The summed E-state index contributed by atoms with van der Waals surface area (Å²) in [5.41, 5.74) is -1.36. The van der Waals surface area contributed by atoms with E-state index in [1.807, 2.05) is 4.98 Å². The molecule has 20 heavy (non-hydrogen) atoms. The maximum Gasteiger partial charge on any atom is 0.327 e. The summed E-state index contributed by atoms with van der Waals surface area (Å²) < 4.78 is 6.54. The van der Waals surface area contributed by atoms with Crippen LogP contribution in [0.15, 0.2) is 15.9 Å². The van der Waals surface area contributed by atoms with E-state index in [1.165, 1.54) is 10.9 Å². The van der Waals surface area contributed by atoms with Gasteiger partial charge in [0.1, 0.15) is 24.0 Å². The summed E-state index contributed by atoms with van der Waals surface area (Å²) in [6.45, 7) is -0.474. The second kappa shape index (κ2) is 4.52. The topological polar surface area (TPSA) is 153 Å². The summed E-state index contributed by atoms with van der Waals surface area (Å²) >= 11 is 0. The highest BCUT2D eigenvalue weighted by molar-refractivity contribution is 5.68. The number of hydrogen-bond donors (Lipinski definition) is 5. The summed E-state index contributed by atoms with van der Waals surface area (Å²) in [5, 5.41) is 28.7. The Bertz CT molecular complexity index is 748. The van der Waals surface area contributed by atoms with Gasteiger partial charge in [0.25, 0.3) is 5.56 Å². The number of ether oxygens (including phenoxy) is 1. The third kappa shape index (κ3) is 1.78. The first-order valence-corrected chi connectivity index (χ1v) is 5.84. The van der Waals surface area contributed by atoms with Gasteiger partial charge in [0.15, 0.2) is 11.7 Å². The van der Waals surface area contributed by atoms with Crippen LogP contribution in [0.1, 0.15) is 6.23 Å². The number of aliphatic hydroxyl groups excluding tert-OH is 3. The van der Waals surface area contributed by atoms with E-state index in [4.69, 9.17) is 9.84 Å². The van der Waals surface area contributed by atoms with E-state index in [1.54, 1.807) is 0 Å². The lowest BCUT2D eigenvalue weighted by Gasteiger charge is -2.16. The van der Waals surface area contributed by atoms with Crippen LogP contribution in [0.5, 0.6) is 0 Å². The third-order valence-electron chi connectivity index (χ3n) is 3.26. The third-order valence-corrected chi connectivity index (χ3v) is 3.26. The molecule has 0 spiro atoms. The molecule has 0 unspecified atom stereocenters. The molecular formula is C10H12N4O6. The molecule has 3 rings (SSSR count). The number of rotatable bonds is 2. The summed E-state index contributed by atoms with van der Waals surface area (Å²) in [4.78, 5) is 31.1. The molecule has 2 aromatic rings. The molecule has 1 aliphatic heterocycles. The predicted octanol–water partition coefficient (Wildman–Crippen LogP) is -2.98. The van der Waals surface area contributed by atoms with Gasteiger partial charge >= 0.3 is 5.69 Å². The van der Waals surface area contributed by atoms with Crippen LogP contribution >= 0.6 is 0 Å². The molecule has 0 radical (unpaired) electrons. The van der Waals surface area contributed by atoms with Gasteiger partial charge in [0, 0.05) is 0 Å². The standard InChI is InChI=1S/C10H12N4O6/c15-1-3-5(16)6(17)9(20-3)14-2-11-4-7(14)12-10(19)13-8(4)18/h2-3,5-6,9,15-17H,1H2,(H2,12,13,18,19)/t3-,5+,6+,9-/m1/s1. The van der Waals surface area contributed by atoms with Gasteiger partial charge in [-0.2, -0.15) is 0 Å². The zero-order valence-electron chi connectivity index (χ0n) is 10.1. The normalized spacial score (nSPS) is 30.1. The predicted molar refractivity (Wildman–Crippen MR) is 64.0 cm³/mol. The van der Waals surface area contributed by atoms with Gasteiger partial charge in [0.2, 0.25) is 0 Å². The van der Waals surface area contributed by atoms with E-state index in [2.05, 4.69) is 9.97 Å². The van der Waals surface area contributed by atoms with E-state index in [0.29, 0.717) is 0 Å². The molecule has 0 saturated carbocycles. The van der Waals surface area contributed by atoms with Crippen LogP contribution < -0.4 is 11.2 Å². The fourth-order valence-electron chi connectivity index (χ4n) is 2.25. The van der Waals surface area contributed by atoms with Gasteiger partial charge in [0.05, 0.1) is 12.9 Å². The molecule has 0 bridgehead atoms. The Morgan fingerprint density at radius 2 is 2.05 bits per heavy atom. The number of H-pyrrole nitrogens is 2. The van der Waals surface area contributed by atoms with Gasteiger partial charge in [-0.3, -0.25) is 19.3 Å². The first-order chi connectivity index (χ1) is 9.52. The van der Waals surface area contributed by atoms with E-state index in [-0.39, 0.29) is 11.2 Å². The number of nitrogens with zero attached hydrogens (tertiary/aromatic N) is 2. The molecule has 0 aromatic carbocycles. The van der Waals surface area contributed by atoms with Crippen molar-refractivity contribution in [3.05, 3.63) is 27.2 Å². The number of imidazole rings is 1. The number of aromatic nitrogens is 4. The van der Waals surface area contributed by atoms with Crippen LogP contribution in [0.4, 0.5) is 0 Å². The minimum absolute atomic E-state index is 0.0256. The summed E-state index contributed by atoms with van der Waals surface area (Å²) in [6, 6.07) is 0. The molecule has 10 nitrogen and oxygen atoms in total. The van der Waals surface area contributed by atoms with Crippen molar-refractivity contribution in [2.24, 2.45) is 0 Å². The van der Waals surface area contributed by atoms with Crippen molar-refractivity contribution in [3.63, 3.8) is 0 Å². The molecule has 1 saturated heterocycles. The monoisotopic (exact) mass is 284 g/mol. The highest BCUT2D eigenvalue weighted by atomic mass is 16.6. The Morgan fingerprint density at radius 3 is 2.70 bits per heavy atom. The Labute approximate surface area is 110 Å².